The standard InChI is InChI=1S/C9H8F3NO4/c10-9(11,12)5-13(3-7(14)15)8(16)6-1-2-17-4-6/h1-2,4H,3,5H2,(H,14,15). The van der Waals surface area contributed by atoms with Gasteiger partial charge in [0.25, 0.3) is 5.91 Å². The van der Waals surface area contributed by atoms with Crippen LogP contribution < -0.4 is 0 Å². The molecule has 0 saturated carbocycles. The lowest BCUT2D eigenvalue weighted by atomic mass is 10.3. The second-order valence-corrected chi connectivity index (χ2v) is 3.18. The number of furan rings is 1. The highest BCUT2D eigenvalue weighted by molar-refractivity contribution is 5.95. The largest absolute Gasteiger partial charge is 0.480 e. The van der Waals surface area contributed by atoms with E-state index in [4.69, 9.17) is 5.11 Å². The van der Waals surface area contributed by atoms with Gasteiger partial charge in [0.15, 0.2) is 0 Å². The van der Waals surface area contributed by atoms with Crippen LogP contribution in [0.4, 0.5) is 13.2 Å². The number of alkyl halides is 3. The average molecular weight is 251 g/mol. The van der Waals surface area contributed by atoms with Crippen LogP contribution in [0.2, 0.25) is 0 Å². The van der Waals surface area contributed by atoms with Gasteiger partial charge in [-0.25, -0.2) is 0 Å². The summed E-state index contributed by atoms with van der Waals surface area (Å²) in [7, 11) is 0. The molecule has 94 valence electrons. The molecule has 0 saturated heterocycles. The van der Waals surface area contributed by atoms with Gasteiger partial charge in [-0.15, -0.1) is 0 Å². The van der Waals surface area contributed by atoms with E-state index in [1.54, 1.807) is 0 Å². The fraction of sp³-hybridized carbons (Fsp3) is 0.333. The fourth-order valence-corrected chi connectivity index (χ4v) is 1.15. The van der Waals surface area contributed by atoms with Gasteiger partial charge >= 0.3 is 12.1 Å². The minimum Gasteiger partial charge on any atom is -0.480 e. The molecule has 17 heavy (non-hydrogen) atoms. The average Bonchev–Trinajstić information content (AvgIpc) is 2.65. The summed E-state index contributed by atoms with van der Waals surface area (Å²) >= 11 is 0. The minimum atomic E-state index is -4.66. The van der Waals surface area contributed by atoms with Crippen LogP contribution in [-0.4, -0.2) is 41.1 Å². The first-order valence-corrected chi connectivity index (χ1v) is 4.39. The molecule has 0 aliphatic heterocycles. The third kappa shape index (κ3) is 4.17. The molecule has 1 N–H and O–H groups in total. The highest BCUT2D eigenvalue weighted by Crippen LogP contribution is 2.18. The molecule has 0 aromatic carbocycles. The number of carboxylic acids is 1. The molecule has 1 aromatic rings. The second-order valence-electron chi connectivity index (χ2n) is 3.18. The van der Waals surface area contributed by atoms with Gasteiger partial charge in [0.05, 0.1) is 11.8 Å². The molecule has 0 radical (unpaired) electrons. The first kappa shape index (κ1) is 13.1. The number of rotatable bonds is 4. The topological polar surface area (TPSA) is 70.8 Å². The van der Waals surface area contributed by atoms with Gasteiger partial charge in [-0.05, 0) is 6.07 Å². The molecule has 0 unspecified atom stereocenters. The summed E-state index contributed by atoms with van der Waals surface area (Å²) in [6, 6.07) is 1.16. The molecule has 0 aliphatic carbocycles. The zero-order valence-electron chi connectivity index (χ0n) is 8.40. The van der Waals surface area contributed by atoms with Gasteiger partial charge < -0.3 is 14.4 Å². The molecule has 0 atom stereocenters. The van der Waals surface area contributed by atoms with Crippen LogP contribution in [-0.2, 0) is 4.79 Å². The molecule has 0 fully saturated rings. The Morgan fingerprint density at radius 2 is 2.06 bits per heavy atom. The fourth-order valence-electron chi connectivity index (χ4n) is 1.15. The maximum absolute atomic E-state index is 12.1. The maximum Gasteiger partial charge on any atom is 0.406 e. The monoisotopic (exact) mass is 251 g/mol. The summed E-state index contributed by atoms with van der Waals surface area (Å²) in [5.41, 5.74) is -0.129. The van der Waals surface area contributed by atoms with Gasteiger partial charge in [-0.1, -0.05) is 0 Å². The predicted molar refractivity (Wildman–Crippen MR) is 48.3 cm³/mol. The van der Waals surface area contributed by atoms with Crippen molar-refractivity contribution in [1.82, 2.24) is 4.90 Å². The number of aliphatic carboxylic acids is 1. The zero-order valence-corrected chi connectivity index (χ0v) is 8.40. The zero-order chi connectivity index (χ0) is 13.1. The maximum atomic E-state index is 12.1. The Hall–Kier alpha value is -1.99. The smallest absolute Gasteiger partial charge is 0.406 e. The third-order valence-corrected chi connectivity index (χ3v) is 1.75. The quantitative estimate of drug-likeness (QED) is 0.877. The number of hydrogen-bond donors (Lipinski definition) is 1. The summed E-state index contributed by atoms with van der Waals surface area (Å²) in [5.74, 6) is -2.57. The number of carbonyl (C=O) groups is 2. The predicted octanol–water partition coefficient (Wildman–Crippen LogP) is 1.37. The Kier molecular flexibility index (Phi) is 3.77. The van der Waals surface area contributed by atoms with Crippen LogP contribution in [0.3, 0.4) is 0 Å². The van der Waals surface area contributed by atoms with Gasteiger partial charge in [0.2, 0.25) is 0 Å². The van der Waals surface area contributed by atoms with Crippen molar-refractivity contribution in [1.29, 1.82) is 0 Å². The molecule has 1 heterocycles. The van der Waals surface area contributed by atoms with E-state index in [9.17, 15) is 22.8 Å². The number of hydrogen-bond acceptors (Lipinski definition) is 3. The first-order valence-electron chi connectivity index (χ1n) is 4.39. The van der Waals surface area contributed by atoms with Crippen LogP contribution >= 0.6 is 0 Å². The number of amides is 1. The summed E-state index contributed by atoms with van der Waals surface area (Å²) in [6.45, 7) is -2.65. The van der Waals surface area contributed by atoms with Crippen molar-refractivity contribution in [3.8, 4) is 0 Å². The van der Waals surface area contributed by atoms with E-state index in [0.717, 1.165) is 18.6 Å². The molecule has 5 nitrogen and oxygen atoms in total. The van der Waals surface area contributed by atoms with Crippen LogP contribution in [0.1, 0.15) is 10.4 Å². The van der Waals surface area contributed by atoms with Crippen LogP contribution in [0.5, 0.6) is 0 Å². The van der Waals surface area contributed by atoms with Crippen molar-refractivity contribution in [2.24, 2.45) is 0 Å². The van der Waals surface area contributed by atoms with E-state index in [2.05, 4.69) is 4.42 Å². The van der Waals surface area contributed by atoms with Crippen molar-refractivity contribution in [2.45, 2.75) is 6.18 Å². The lowest BCUT2D eigenvalue weighted by molar-refractivity contribution is -0.149. The van der Waals surface area contributed by atoms with Gasteiger partial charge in [0.1, 0.15) is 19.4 Å². The Morgan fingerprint density at radius 3 is 2.47 bits per heavy atom. The van der Waals surface area contributed by atoms with Crippen molar-refractivity contribution in [2.75, 3.05) is 13.1 Å². The summed E-state index contributed by atoms with van der Waals surface area (Å²) in [6.07, 6.45) is -2.60. The van der Waals surface area contributed by atoms with E-state index in [0.29, 0.717) is 0 Å². The summed E-state index contributed by atoms with van der Waals surface area (Å²) < 4.78 is 41.0. The van der Waals surface area contributed by atoms with E-state index < -0.39 is 31.1 Å². The van der Waals surface area contributed by atoms with E-state index in [1.165, 1.54) is 0 Å². The normalized spacial score (nSPS) is 11.2. The van der Waals surface area contributed by atoms with Crippen LogP contribution in [0.15, 0.2) is 23.0 Å². The highest BCUT2D eigenvalue weighted by Gasteiger charge is 2.34. The molecule has 1 rings (SSSR count). The number of carboxylic acid groups (broad SMARTS) is 1. The lowest BCUT2D eigenvalue weighted by Gasteiger charge is -2.21. The minimum absolute atomic E-state index is 0.129. The molecule has 1 aromatic heterocycles. The summed E-state index contributed by atoms with van der Waals surface area (Å²) in [5, 5.41) is 8.44. The Labute approximate surface area is 93.4 Å². The molecular weight excluding hydrogens is 243 g/mol. The Balaban J connectivity index is 2.83. The van der Waals surface area contributed by atoms with Gasteiger partial charge in [-0.2, -0.15) is 13.2 Å². The Morgan fingerprint density at radius 1 is 1.41 bits per heavy atom. The molecule has 0 aliphatic rings. The van der Waals surface area contributed by atoms with Gasteiger partial charge in [-0.3, -0.25) is 9.59 Å². The van der Waals surface area contributed by atoms with Gasteiger partial charge in [0, 0.05) is 0 Å². The Bertz CT molecular complexity index is 399. The van der Waals surface area contributed by atoms with Crippen molar-refractivity contribution in [3.05, 3.63) is 24.2 Å². The molecular formula is C9H8F3NO4. The van der Waals surface area contributed by atoms with Crippen LogP contribution in [0.25, 0.3) is 0 Å². The number of nitrogens with zero attached hydrogens (tertiary/aromatic N) is 1. The summed E-state index contributed by atoms with van der Waals surface area (Å²) in [4.78, 5) is 22.1. The van der Waals surface area contributed by atoms with E-state index >= 15 is 0 Å². The molecule has 8 heteroatoms. The number of carbonyl (C=O) groups excluding carboxylic acids is 1. The van der Waals surface area contributed by atoms with E-state index in [-0.39, 0.29) is 10.5 Å². The lowest BCUT2D eigenvalue weighted by Crippen LogP contribution is -2.41. The van der Waals surface area contributed by atoms with Crippen molar-refractivity contribution >= 4 is 11.9 Å². The van der Waals surface area contributed by atoms with Crippen LogP contribution in [0, 0.1) is 0 Å². The van der Waals surface area contributed by atoms with Crippen molar-refractivity contribution in [3.63, 3.8) is 0 Å². The molecule has 1 amide bonds. The number of halogens is 3. The SMILES string of the molecule is O=C(O)CN(CC(F)(F)F)C(=O)c1ccoc1. The molecule has 0 spiro atoms. The van der Waals surface area contributed by atoms with Crippen molar-refractivity contribution < 1.29 is 32.3 Å². The third-order valence-electron chi connectivity index (χ3n) is 1.75. The second kappa shape index (κ2) is 4.89. The molecule has 0 bridgehead atoms. The highest BCUT2D eigenvalue weighted by atomic mass is 19.4. The first-order chi connectivity index (χ1) is 7.79. The van der Waals surface area contributed by atoms with E-state index in [1.807, 2.05) is 0 Å².